The van der Waals surface area contributed by atoms with Gasteiger partial charge in [-0.3, -0.25) is 0 Å². The lowest BCUT2D eigenvalue weighted by Crippen LogP contribution is -2.31. The van der Waals surface area contributed by atoms with Crippen LogP contribution in [0.25, 0.3) is 0 Å². The summed E-state index contributed by atoms with van der Waals surface area (Å²) in [5.41, 5.74) is 11.6. The number of hydrogen-bond donors (Lipinski definition) is 0. The van der Waals surface area contributed by atoms with Gasteiger partial charge in [0, 0.05) is 24.3 Å². The molecule has 0 radical (unpaired) electrons. The first-order valence-electron chi connectivity index (χ1n) is 12.7. The molecule has 3 heterocycles. The molecule has 0 N–H and O–H groups in total. The van der Waals surface area contributed by atoms with E-state index >= 15 is 0 Å². The maximum absolute atomic E-state index is 6.71. The second-order valence-corrected chi connectivity index (χ2v) is 11.3. The highest BCUT2D eigenvalue weighted by Gasteiger charge is 2.45. The van der Waals surface area contributed by atoms with E-state index in [2.05, 4.69) is 89.8 Å². The Morgan fingerprint density at radius 2 is 1.46 bits per heavy atom. The zero-order valence-corrected chi connectivity index (χ0v) is 21.9. The topological polar surface area (TPSA) is 30.9 Å². The molecule has 0 bridgehead atoms. The molecule has 35 heavy (non-hydrogen) atoms. The second-order valence-electron chi connectivity index (χ2n) is 11.3. The summed E-state index contributed by atoms with van der Waals surface area (Å²) < 4.78 is 18.0. The Morgan fingerprint density at radius 3 is 2.03 bits per heavy atom. The molecule has 0 aliphatic carbocycles. The van der Waals surface area contributed by atoms with Crippen LogP contribution in [0.5, 0.6) is 17.2 Å². The highest BCUT2D eigenvalue weighted by atomic mass is 16.7. The Hall–Kier alpha value is -3.14. The molecule has 1 unspecified atom stereocenters. The highest BCUT2D eigenvalue weighted by Crippen LogP contribution is 2.55. The number of nitrogens with zero attached hydrogens (tertiary/aromatic N) is 1. The standard InChI is InChI=1S/C31H35NO3/c1-17(2)21-8-10-22(11-9-21)28-27-20(5)29(18(3)19(4)30(27)35-31(28,6)7)32-14-23-12-25-26(34-16-33-25)13-24(23)15-32/h8-13,17,28H,14-16H2,1-7H3. The molecule has 0 spiro atoms. The van der Waals surface area contributed by atoms with Gasteiger partial charge < -0.3 is 19.1 Å². The van der Waals surface area contributed by atoms with Crippen molar-refractivity contribution in [2.45, 2.75) is 79.0 Å². The lowest BCUT2D eigenvalue weighted by molar-refractivity contribution is 0.121. The number of anilines is 1. The predicted octanol–water partition coefficient (Wildman–Crippen LogP) is 7.29. The number of ether oxygens (including phenoxy) is 3. The fourth-order valence-electron chi connectivity index (χ4n) is 6.34. The van der Waals surface area contributed by atoms with Gasteiger partial charge in [-0.05, 0) is 91.6 Å². The second kappa shape index (κ2) is 7.68. The molecule has 0 aromatic heterocycles. The van der Waals surface area contributed by atoms with Gasteiger partial charge in [-0.2, -0.15) is 0 Å². The van der Waals surface area contributed by atoms with Crippen LogP contribution in [0.15, 0.2) is 36.4 Å². The van der Waals surface area contributed by atoms with Crippen LogP contribution >= 0.6 is 0 Å². The SMILES string of the molecule is Cc1c(C)c(N2Cc3cc4c(cc3C2)OCO4)c(C)c2c1OC(C)(C)C2c1ccc(C(C)C)cc1. The summed E-state index contributed by atoms with van der Waals surface area (Å²) in [7, 11) is 0. The molecule has 3 aromatic rings. The van der Waals surface area contributed by atoms with Crippen molar-refractivity contribution >= 4 is 5.69 Å². The largest absolute Gasteiger partial charge is 0.486 e. The summed E-state index contributed by atoms with van der Waals surface area (Å²) in [4.78, 5) is 2.52. The van der Waals surface area contributed by atoms with Crippen molar-refractivity contribution in [1.29, 1.82) is 0 Å². The Labute approximate surface area is 208 Å². The Kier molecular flexibility index (Phi) is 4.90. The summed E-state index contributed by atoms with van der Waals surface area (Å²) in [6.45, 7) is 17.8. The summed E-state index contributed by atoms with van der Waals surface area (Å²) in [5, 5.41) is 0. The molecule has 0 fully saturated rings. The average molecular weight is 470 g/mol. The zero-order chi connectivity index (χ0) is 24.6. The van der Waals surface area contributed by atoms with Crippen LogP contribution in [0, 0.1) is 20.8 Å². The van der Waals surface area contributed by atoms with Crippen LogP contribution < -0.4 is 19.1 Å². The van der Waals surface area contributed by atoms with E-state index in [1.54, 1.807) is 0 Å². The van der Waals surface area contributed by atoms with Crippen molar-refractivity contribution in [3.05, 3.63) is 80.9 Å². The predicted molar refractivity (Wildman–Crippen MR) is 140 cm³/mol. The summed E-state index contributed by atoms with van der Waals surface area (Å²) in [6.07, 6.45) is 0. The number of hydrogen-bond acceptors (Lipinski definition) is 4. The van der Waals surface area contributed by atoms with Gasteiger partial charge >= 0.3 is 0 Å². The first kappa shape index (κ1) is 22.3. The molecule has 3 aliphatic rings. The monoisotopic (exact) mass is 469 g/mol. The van der Waals surface area contributed by atoms with Crippen molar-refractivity contribution in [1.82, 2.24) is 0 Å². The molecule has 4 heteroatoms. The molecule has 0 amide bonds. The third-order valence-corrected chi connectivity index (χ3v) is 8.28. The molecule has 0 saturated carbocycles. The molecule has 3 aromatic carbocycles. The van der Waals surface area contributed by atoms with Crippen molar-refractivity contribution in [3.8, 4) is 17.2 Å². The third-order valence-electron chi connectivity index (χ3n) is 8.28. The van der Waals surface area contributed by atoms with Gasteiger partial charge in [0.05, 0.1) is 5.92 Å². The maximum atomic E-state index is 6.71. The summed E-state index contributed by atoms with van der Waals surface area (Å²) in [5.74, 6) is 3.52. The number of rotatable bonds is 3. The molecule has 182 valence electrons. The lowest BCUT2D eigenvalue weighted by Gasteiger charge is -2.29. The van der Waals surface area contributed by atoms with E-state index in [0.717, 1.165) is 30.3 Å². The molecule has 1 atom stereocenters. The molecular formula is C31H35NO3. The number of fused-ring (bicyclic) bond motifs is 3. The Balaban J connectivity index is 1.45. The van der Waals surface area contributed by atoms with E-state index in [1.807, 2.05) is 0 Å². The van der Waals surface area contributed by atoms with Gasteiger partial charge in [0.2, 0.25) is 6.79 Å². The van der Waals surface area contributed by atoms with E-state index in [1.165, 1.54) is 50.2 Å². The minimum absolute atomic E-state index is 0.187. The van der Waals surface area contributed by atoms with Crippen LogP contribution in [0.4, 0.5) is 5.69 Å². The molecule has 6 rings (SSSR count). The van der Waals surface area contributed by atoms with E-state index < -0.39 is 0 Å². The molecule has 3 aliphatic heterocycles. The van der Waals surface area contributed by atoms with E-state index in [4.69, 9.17) is 14.2 Å². The van der Waals surface area contributed by atoms with Crippen molar-refractivity contribution in [2.75, 3.05) is 11.7 Å². The number of benzene rings is 3. The Bertz CT molecular complexity index is 1300. The highest BCUT2D eigenvalue weighted by molar-refractivity contribution is 5.73. The first-order valence-corrected chi connectivity index (χ1v) is 12.7. The van der Waals surface area contributed by atoms with Crippen LogP contribution in [-0.2, 0) is 13.1 Å². The van der Waals surface area contributed by atoms with Crippen molar-refractivity contribution in [3.63, 3.8) is 0 Å². The van der Waals surface area contributed by atoms with Crippen LogP contribution in [0.1, 0.15) is 84.0 Å². The first-order chi connectivity index (χ1) is 16.7. The van der Waals surface area contributed by atoms with Gasteiger partial charge in [0.25, 0.3) is 0 Å². The quantitative estimate of drug-likeness (QED) is 0.403. The van der Waals surface area contributed by atoms with Crippen LogP contribution in [0.3, 0.4) is 0 Å². The molecule has 0 saturated heterocycles. The smallest absolute Gasteiger partial charge is 0.231 e. The lowest BCUT2D eigenvalue weighted by atomic mass is 9.78. The van der Waals surface area contributed by atoms with Crippen LogP contribution in [0.2, 0.25) is 0 Å². The van der Waals surface area contributed by atoms with Crippen molar-refractivity contribution < 1.29 is 14.2 Å². The summed E-state index contributed by atoms with van der Waals surface area (Å²) in [6, 6.07) is 13.5. The summed E-state index contributed by atoms with van der Waals surface area (Å²) >= 11 is 0. The zero-order valence-electron chi connectivity index (χ0n) is 21.9. The minimum atomic E-state index is -0.314. The maximum Gasteiger partial charge on any atom is 0.231 e. The van der Waals surface area contributed by atoms with Crippen molar-refractivity contribution in [2.24, 2.45) is 0 Å². The van der Waals surface area contributed by atoms with Gasteiger partial charge in [-0.25, -0.2) is 0 Å². The van der Waals surface area contributed by atoms with Crippen LogP contribution in [-0.4, -0.2) is 12.4 Å². The van der Waals surface area contributed by atoms with E-state index in [0.29, 0.717) is 12.7 Å². The van der Waals surface area contributed by atoms with Gasteiger partial charge in [-0.1, -0.05) is 38.1 Å². The van der Waals surface area contributed by atoms with Gasteiger partial charge in [0.1, 0.15) is 11.4 Å². The van der Waals surface area contributed by atoms with E-state index in [9.17, 15) is 0 Å². The van der Waals surface area contributed by atoms with Gasteiger partial charge in [0.15, 0.2) is 11.5 Å². The minimum Gasteiger partial charge on any atom is -0.486 e. The molecule has 4 nitrogen and oxygen atoms in total. The third kappa shape index (κ3) is 3.33. The fraction of sp³-hybridized carbons (Fsp3) is 0.419. The normalized spacial score (nSPS) is 19.2. The Morgan fingerprint density at radius 1 is 0.857 bits per heavy atom. The molecular weight excluding hydrogens is 434 g/mol. The van der Waals surface area contributed by atoms with Gasteiger partial charge in [-0.15, -0.1) is 0 Å². The average Bonchev–Trinajstić information content (AvgIpc) is 3.50. The fourth-order valence-corrected chi connectivity index (χ4v) is 6.34. The van der Waals surface area contributed by atoms with E-state index in [-0.39, 0.29) is 11.5 Å².